The van der Waals surface area contributed by atoms with Crippen molar-refractivity contribution in [2.75, 3.05) is 13.1 Å². The molecule has 0 bridgehead atoms. The van der Waals surface area contributed by atoms with Gasteiger partial charge >= 0.3 is 5.97 Å². The van der Waals surface area contributed by atoms with Crippen molar-refractivity contribution in [1.82, 2.24) is 4.90 Å². The van der Waals surface area contributed by atoms with Crippen molar-refractivity contribution in [3.63, 3.8) is 0 Å². The Kier molecular flexibility index (Phi) is 3.04. The summed E-state index contributed by atoms with van der Waals surface area (Å²) in [5.41, 5.74) is 0. The molecule has 4 rings (SSSR count). The zero-order valence-electron chi connectivity index (χ0n) is 12.4. The second-order valence-corrected chi connectivity index (χ2v) is 7.67. The number of carbonyl (C=O) groups is 2. The lowest BCUT2D eigenvalue weighted by Gasteiger charge is -2.26. The van der Waals surface area contributed by atoms with E-state index in [1.54, 1.807) is 0 Å². The van der Waals surface area contributed by atoms with E-state index in [9.17, 15) is 18.4 Å². The van der Waals surface area contributed by atoms with Gasteiger partial charge in [-0.1, -0.05) is 0 Å². The Morgan fingerprint density at radius 2 is 1.59 bits per heavy atom. The normalized spacial score (nSPS) is 45.3. The number of aliphatic carboxylic acids is 1. The molecule has 1 saturated heterocycles. The number of halogens is 2. The number of carbonyl (C=O) groups excluding carboxylic acids is 1. The number of amides is 1. The van der Waals surface area contributed by atoms with E-state index in [1.807, 2.05) is 4.90 Å². The molecule has 3 aliphatic carbocycles. The first-order valence-corrected chi connectivity index (χ1v) is 8.27. The van der Waals surface area contributed by atoms with Crippen LogP contribution in [0.3, 0.4) is 0 Å². The lowest BCUT2D eigenvalue weighted by molar-refractivity contribution is -0.141. The quantitative estimate of drug-likeness (QED) is 0.850. The third-order valence-corrected chi connectivity index (χ3v) is 6.49. The number of carboxylic acids is 1. The molecule has 22 heavy (non-hydrogen) atoms. The number of carboxylic acid groups (broad SMARTS) is 1. The number of alkyl halides is 2. The molecule has 6 atom stereocenters. The molecule has 1 N–H and O–H groups in total. The van der Waals surface area contributed by atoms with Gasteiger partial charge in [0.1, 0.15) is 0 Å². The first kappa shape index (κ1) is 14.4. The second kappa shape index (κ2) is 4.65. The molecule has 4 fully saturated rings. The first-order valence-electron chi connectivity index (χ1n) is 8.27. The fourth-order valence-electron chi connectivity index (χ4n) is 5.14. The molecule has 1 heterocycles. The molecule has 122 valence electrons. The molecule has 1 unspecified atom stereocenters. The van der Waals surface area contributed by atoms with Crippen LogP contribution in [-0.4, -0.2) is 40.9 Å². The van der Waals surface area contributed by atoms with Crippen molar-refractivity contribution in [2.24, 2.45) is 35.5 Å². The summed E-state index contributed by atoms with van der Waals surface area (Å²) in [5.74, 6) is -4.25. The Morgan fingerprint density at radius 3 is 2.14 bits per heavy atom. The van der Waals surface area contributed by atoms with Crippen molar-refractivity contribution in [2.45, 2.75) is 38.0 Å². The van der Waals surface area contributed by atoms with E-state index in [-0.39, 0.29) is 29.6 Å². The molecule has 0 radical (unpaired) electrons. The highest BCUT2D eigenvalue weighted by molar-refractivity contribution is 5.79. The molecular weight excluding hydrogens is 292 g/mol. The molecule has 0 spiro atoms. The maximum Gasteiger partial charge on any atom is 0.306 e. The van der Waals surface area contributed by atoms with Gasteiger partial charge in [0.25, 0.3) is 5.92 Å². The highest BCUT2D eigenvalue weighted by atomic mass is 19.3. The Labute approximate surface area is 127 Å². The molecule has 4 aliphatic rings. The van der Waals surface area contributed by atoms with E-state index in [0.717, 1.165) is 0 Å². The van der Waals surface area contributed by atoms with Gasteiger partial charge in [-0.25, -0.2) is 8.78 Å². The van der Waals surface area contributed by atoms with Gasteiger partial charge in [-0.2, -0.15) is 0 Å². The van der Waals surface area contributed by atoms with Gasteiger partial charge in [0, 0.05) is 30.8 Å². The van der Waals surface area contributed by atoms with Crippen LogP contribution in [0.4, 0.5) is 8.78 Å². The average molecular weight is 313 g/mol. The van der Waals surface area contributed by atoms with Crippen LogP contribution >= 0.6 is 0 Å². The van der Waals surface area contributed by atoms with Gasteiger partial charge < -0.3 is 10.0 Å². The third kappa shape index (κ3) is 2.06. The minimum atomic E-state index is -2.54. The summed E-state index contributed by atoms with van der Waals surface area (Å²) in [4.78, 5) is 25.5. The summed E-state index contributed by atoms with van der Waals surface area (Å²) in [6, 6.07) is 0. The standard InChI is InChI=1S/C16H21F2NO3/c17-16(18)12-2-1-8(5-13(12)16)14(20)19-6-10-3-9(15(21)22)4-11(10)7-19/h8-13H,1-7H2,(H,21,22)/t8-,9?,10-,11+,12+,13-/m1/s1. The van der Waals surface area contributed by atoms with E-state index >= 15 is 0 Å². The predicted molar refractivity (Wildman–Crippen MR) is 73.2 cm³/mol. The maximum absolute atomic E-state index is 13.4. The van der Waals surface area contributed by atoms with Crippen LogP contribution in [0.1, 0.15) is 32.1 Å². The van der Waals surface area contributed by atoms with E-state index in [0.29, 0.717) is 45.2 Å². The van der Waals surface area contributed by atoms with Gasteiger partial charge in [0.15, 0.2) is 0 Å². The molecule has 4 nitrogen and oxygen atoms in total. The van der Waals surface area contributed by atoms with Gasteiger partial charge in [0.05, 0.1) is 5.92 Å². The summed E-state index contributed by atoms with van der Waals surface area (Å²) in [6.07, 6.45) is 2.68. The lowest BCUT2D eigenvalue weighted by atomic mass is 9.88. The molecule has 0 aromatic carbocycles. The molecule has 1 amide bonds. The van der Waals surface area contributed by atoms with Crippen LogP contribution in [0.2, 0.25) is 0 Å². The van der Waals surface area contributed by atoms with E-state index in [1.165, 1.54) is 0 Å². The molecule has 3 saturated carbocycles. The van der Waals surface area contributed by atoms with Gasteiger partial charge in [-0.05, 0) is 43.9 Å². The van der Waals surface area contributed by atoms with Gasteiger partial charge in [-0.3, -0.25) is 9.59 Å². The fraction of sp³-hybridized carbons (Fsp3) is 0.875. The zero-order valence-corrected chi connectivity index (χ0v) is 12.4. The second-order valence-electron chi connectivity index (χ2n) is 7.67. The number of likely N-dealkylation sites (tertiary alicyclic amines) is 1. The Morgan fingerprint density at radius 1 is 0.955 bits per heavy atom. The molecule has 0 aromatic rings. The average Bonchev–Trinajstić information content (AvgIpc) is 2.84. The van der Waals surface area contributed by atoms with Crippen molar-refractivity contribution in [3.05, 3.63) is 0 Å². The van der Waals surface area contributed by atoms with Gasteiger partial charge in [0.2, 0.25) is 5.91 Å². The maximum atomic E-state index is 13.4. The van der Waals surface area contributed by atoms with Crippen molar-refractivity contribution < 1.29 is 23.5 Å². The number of hydrogen-bond acceptors (Lipinski definition) is 2. The van der Waals surface area contributed by atoms with Crippen LogP contribution in [0.5, 0.6) is 0 Å². The number of nitrogens with zero attached hydrogens (tertiary/aromatic N) is 1. The van der Waals surface area contributed by atoms with Crippen LogP contribution < -0.4 is 0 Å². The lowest BCUT2D eigenvalue weighted by Crippen LogP contribution is -2.36. The Hall–Kier alpha value is -1.20. The zero-order chi connectivity index (χ0) is 15.6. The first-order chi connectivity index (χ1) is 10.4. The minimum Gasteiger partial charge on any atom is -0.481 e. The highest BCUT2D eigenvalue weighted by Crippen LogP contribution is 2.63. The third-order valence-electron chi connectivity index (χ3n) is 6.49. The molecular formula is C16H21F2NO3. The largest absolute Gasteiger partial charge is 0.481 e. The van der Waals surface area contributed by atoms with Crippen LogP contribution in [0.15, 0.2) is 0 Å². The smallest absolute Gasteiger partial charge is 0.306 e. The highest BCUT2D eigenvalue weighted by Gasteiger charge is 2.69. The van der Waals surface area contributed by atoms with Gasteiger partial charge in [-0.15, -0.1) is 0 Å². The SMILES string of the molecule is O=C(O)C1C[C@@H]2CN(C(=O)[C@@H]3CC[C@H]4[C@@H](C3)C4(F)F)C[C@@H]2C1. The van der Waals surface area contributed by atoms with E-state index < -0.39 is 23.7 Å². The summed E-state index contributed by atoms with van der Waals surface area (Å²) in [5, 5.41) is 9.08. The van der Waals surface area contributed by atoms with Crippen LogP contribution in [0.25, 0.3) is 0 Å². The topological polar surface area (TPSA) is 57.6 Å². The van der Waals surface area contributed by atoms with Crippen LogP contribution in [-0.2, 0) is 9.59 Å². The van der Waals surface area contributed by atoms with Crippen molar-refractivity contribution >= 4 is 11.9 Å². The number of hydrogen-bond donors (Lipinski definition) is 1. The minimum absolute atomic E-state index is 0.0300. The molecule has 0 aromatic heterocycles. The monoisotopic (exact) mass is 313 g/mol. The summed E-state index contributed by atoms with van der Waals surface area (Å²) in [6.45, 7) is 1.24. The Bertz CT molecular complexity index is 510. The van der Waals surface area contributed by atoms with Crippen LogP contribution in [0, 0.1) is 35.5 Å². The predicted octanol–water partition coefficient (Wildman–Crippen LogP) is 2.24. The fourth-order valence-corrected chi connectivity index (χ4v) is 5.14. The van der Waals surface area contributed by atoms with Crippen molar-refractivity contribution in [1.29, 1.82) is 0 Å². The molecule has 1 aliphatic heterocycles. The van der Waals surface area contributed by atoms with E-state index in [4.69, 9.17) is 5.11 Å². The number of rotatable bonds is 2. The van der Waals surface area contributed by atoms with Crippen molar-refractivity contribution in [3.8, 4) is 0 Å². The summed E-state index contributed by atoms with van der Waals surface area (Å²) >= 11 is 0. The van der Waals surface area contributed by atoms with E-state index in [2.05, 4.69) is 0 Å². The Balaban J connectivity index is 1.35. The number of fused-ring (bicyclic) bond motifs is 2. The summed E-state index contributed by atoms with van der Waals surface area (Å²) < 4.78 is 26.9. The summed E-state index contributed by atoms with van der Waals surface area (Å²) in [7, 11) is 0. The molecule has 6 heteroatoms.